The van der Waals surface area contributed by atoms with Crippen LogP contribution in [0.25, 0.3) is 0 Å². The minimum atomic E-state index is 0.777. The summed E-state index contributed by atoms with van der Waals surface area (Å²) in [6, 6.07) is 5.70. The predicted molar refractivity (Wildman–Crippen MR) is 65.8 cm³/mol. The summed E-state index contributed by atoms with van der Waals surface area (Å²) in [4.78, 5) is 0. The predicted octanol–water partition coefficient (Wildman–Crippen LogP) is 3.54. The van der Waals surface area contributed by atoms with E-state index >= 15 is 0 Å². The van der Waals surface area contributed by atoms with Crippen molar-refractivity contribution in [2.75, 3.05) is 13.1 Å². The van der Waals surface area contributed by atoms with Crippen molar-refractivity contribution in [3.63, 3.8) is 0 Å². The zero-order valence-corrected chi connectivity index (χ0v) is 10.1. The zero-order chi connectivity index (χ0) is 10.7. The topological polar surface area (TPSA) is 12.0 Å². The van der Waals surface area contributed by atoms with Crippen LogP contribution in [0.3, 0.4) is 0 Å². The van der Waals surface area contributed by atoms with E-state index in [9.17, 15) is 0 Å². The van der Waals surface area contributed by atoms with E-state index in [1.807, 2.05) is 18.2 Å². The summed E-state index contributed by atoms with van der Waals surface area (Å²) in [6.07, 6.45) is 3.52. The molecule has 0 spiro atoms. The van der Waals surface area contributed by atoms with Crippen LogP contribution in [0.15, 0.2) is 18.2 Å². The molecule has 1 unspecified atom stereocenters. The fourth-order valence-corrected chi connectivity index (χ4v) is 2.46. The molecule has 0 bridgehead atoms. The van der Waals surface area contributed by atoms with Crippen LogP contribution < -0.4 is 5.32 Å². The molecule has 1 aliphatic rings. The lowest BCUT2D eigenvalue weighted by atomic mass is 9.99. The van der Waals surface area contributed by atoms with Crippen LogP contribution in [-0.4, -0.2) is 13.1 Å². The Hall–Kier alpha value is -0.240. The van der Waals surface area contributed by atoms with Crippen LogP contribution >= 0.6 is 23.2 Å². The van der Waals surface area contributed by atoms with Crippen LogP contribution in [0, 0.1) is 5.92 Å². The number of benzene rings is 1. The molecule has 0 amide bonds. The molecule has 0 saturated carbocycles. The summed E-state index contributed by atoms with van der Waals surface area (Å²) >= 11 is 12.0. The second-order valence-electron chi connectivity index (χ2n) is 4.13. The number of rotatable bonds is 3. The van der Waals surface area contributed by atoms with E-state index in [4.69, 9.17) is 23.2 Å². The average Bonchev–Trinajstić information content (AvgIpc) is 2.72. The van der Waals surface area contributed by atoms with Crippen LogP contribution in [0.2, 0.25) is 10.0 Å². The third-order valence-electron chi connectivity index (χ3n) is 2.99. The Bertz CT molecular complexity index is 332. The van der Waals surface area contributed by atoms with Gasteiger partial charge in [-0.1, -0.05) is 23.2 Å². The van der Waals surface area contributed by atoms with Gasteiger partial charge in [0, 0.05) is 10.0 Å². The van der Waals surface area contributed by atoms with Crippen molar-refractivity contribution in [2.24, 2.45) is 5.92 Å². The first-order chi connectivity index (χ1) is 7.25. The van der Waals surface area contributed by atoms with Crippen molar-refractivity contribution in [3.8, 4) is 0 Å². The van der Waals surface area contributed by atoms with E-state index in [0.29, 0.717) is 0 Å². The van der Waals surface area contributed by atoms with Gasteiger partial charge in [-0.2, -0.15) is 0 Å². The van der Waals surface area contributed by atoms with Gasteiger partial charge in [-0.3, -0.25) is 0 Å². The third kappa shape index (κ3) is 3.10. The molecular weight excluding hydrogens is 229 g/mol. The first kappa shape index (κ1) is 11.3. The van der Waals surface area contributed by atoms with Crippen LogP contribution in [0.4, 0.5) is 0 Å². The highest BCUT2D eigenvalue weighted by Crippen LogP contribution is 2.24. The molecule has 2 rings (SSSR count). The van der Waals surface area contributed by atoms with Gasteiger partial charge >= 0.3 is 0 Å². The van der Waals surface area contributed by atoms with Crippen molar-refractivity contribution in [1.82, 2.24) is 5.32 Å². The van der Waals surface area contributed by atoms with Gasteiger partial charge in [0.1, 0.15) is 0 Å². The number of hydrogen-bond donors (Lipinski definition) is 1. The molecule has 1 heterocycles. The molecule has 1 saturated heterocycles. The highest BCUT2D eigenvalue weighted by molar-refractivity contribution is 6.33. The van der Waals surface area contributed by atoms with Crippen LogP contribution in [0.1, 0.15) is 18.4 Å². The highest BCUT2D eigenvalue weighted by Gasteiger charge is 2.14. The maximum atomic E-state index is 6.11. The van der Waals surface area contributed by atoms with Gasteiger partial charge in [0.05, 0.1) is 0 Å². The highest BCUT2D eigenvalue weighted by atomic mass is 35.5. The van der Waals surface area contributed by atoms with Crippen LogP contribution in [0.5, 0.6) is 0 Å². The van der Waals surface area contributed by atoms with Crippen molar-refractivity contribution in [1.29, 1.82) is 0 Å². The molecule has 1 aromatic carbocycles. The Labute approximate surface area is 101 Å². The Balaban J connectivity index is 1.94. The number of halogens is 2. The minimum Gasteiger partial charge on any atom is -0.316 e. The first-order valence-corrected chi connectivity index (χ1v) is 6.16. The van der Waals surface area contributed by atoms with E-state index in [1.54, 1.807) is 0 Å². The van der Waals surface area contributed by atoms with E-state index in [1.165, 1.54) is 18.4 Å². The maximum Gasteiger partial charge on any atom is 0.0439 e. The van der Waals surface area contributed by atoms with Gasteiger partial charge in [-0.05, 0) is 62.0 Å². The lowest BCUT2D eigenvalue weighted by molar-refractivity contribution is 0.533. The summed E-state index contributed by atoms with van der Waals surface area (Å²) in [6.45, 7) is 2.31. The van der Waals surface area contributed by atoms with Gasteiger partial charge in [0.15, 0.2) is 0 Å². The standard InChI is InChI=1S/C12H15Cl2N/c13-11-3-4-12(14)10(7-11)2-1-9-5-6-15-8-9/h3-4,7,9,15H,1-2,5-6,8H2. The fraction of sp³-hybridized carbons (Fsp3) is 0.500. The van der Waals surface area contributed by atoms with E-state index < -0.39 is 0 Å². The van der Waals surface area contributed by atoms with Gasteiger partial charge in [-0.15, -0.1) is 0 Å². The van der Waals surface area contributed by atoms with Gasteiger partial charge < -0.3 is 5.32 Å². The Morgan fingerprint density at radius 3 is 2.93 bits per heavy atom. The van der Waals surface area contributed by atoms with Gasteiger partial charge in [-0.25, -0.2) is 0 Å². The zero-order valence-electron chi connectivity index (χ0n) is 8.60. The Morgan fingerprint density at radius 2 is 2.20 bits per heavy atom. The number of aryl methyl sites for hydroxylation is 1. The summed E-state index contributed by atoms with van der Waals surface area (Å²) in [5.74, 6) is 0.806. The number of hydrogen-bond acceptors (Lipinski definition) is 1. The maximum absolute atomic E-state index is 6.11. The van der Waals surface area contributed by atoms with Gasteiger partial charge in [0.25, 0.3) is 0 Å². The molecule has 0 aromatic heterocycles. The lowest BCUT2D eigenvalue weighted by Gasteiger charge is -2.09. The second-order valence-corrected chi connectivity index (χ2v) is 4.98. The summed E-state index contributed by atoms with van der Waals surface area (Å²) < 4.78 is 0. The van der Waals surface area contributed by atoms with Crippen molar-refractivity contribution in [2.45, 2.75) is 19.3 Å². The van der Waals surface area contributed by atoms with Crippen LogP contribution in [-0.2, 0) is 6.42 Å². The molecule has 1 aliphatic heterocycles. The Kier molecular flexibility index (Phi) is 3.90. The summed E-state index contributed by atoms with van der Waals surface area (Å²) in [7, 11) is 0. The third-order valence-corrected chi connectivity index (χ3v) is 3.60. The van der Waals surface area contributed by atoms with E-state index in [0.717, 1.165) is 35.5 Å². The molecule has 82 valence electrons. The van der Waals surface area contributed by atoms with E-state index in [-0.39, 0.29) is 0 Å². The molecular formula is C12H15Cl2N. The molecule has 1 N–H and O–H groups in total. The molecule has 1 aromatic rings. The van der Waals surface area contributed by atoms with Crippen molar-refractivity contribution in [3.05, 3.63) is 33.8 Å². The molecule has 0 radical (unpaired) electrons. The quantitative estimate of drug-likeness (QED) is 0.857. The monoisotopic (exact) mass is 243 g/mol. The molecule has 1 nitrogen and oxygen atoms in total. The molecule has 3 heteroatoms. The molecule has 15 heavy (non-hydrogen) atoms. The second kappa shape index (κ2) is 5.20. The summed E-state index contributed by atoms with van der Waals surface area (Å²) in [5.41, 5.74) is 1.18. The fourth-order valence-electron chi connectivity index (χ4n) is 2.06. The minimum absolute atomic E-state index is 0.777. The average molecular weight is 244 g/mol. The van der Waals surface area contributed by atoms with Gasteiger partial charge in [0.2, 0.25) is 0 Å². The first-order valence-electron chi connectivity index (χ1n) is 5.40. The molecule has 1 atom stereocenters. The lowest BCUT2D eigenvalue weighted by Crippen LogP contribution is -2.09. The summed E-state index contributed by atoms with van der Waals surface area (Å²) in [5, 5.41) is 4.99. The number of nitrogens with one attached hydrogen (secondary N) is 1. The van der Waals surface area contributed by atoms with Crippen molar-refractivity contribution >= 4 is 23.2 Å². The smallest absolute Gasteiger partial charge is 0.0439 e. The molecule has 1 fully saturated rings. The Morgan fingerprint density at radius 1 is 1.33 bits per heavy atom. The molecule has 0 aliphatic carbocycles. The van der Waals surface area contributed by atoms with Crippen molar-refractivity contribution < 1.29 is 0 Å². The normalized spacial score (nSPS) is 20.8. The van der Waals surface area contributed by atoms with E-state index in [2.05, 4.69) is 5.32 Å². The SMILES string of the molecule is Clc1ccc(Cl)c(CCC2CCNC2)c1. The largest absolute Gasteiger partial charge is 0.316 e.